The van der Waals surface area contributed by atoms with Crippen molar-refractivity contribution in [2.45, 2.75) is 18.3 Å². The Kier molecular flexibility index (Phi) is 2.56. The van der Waals surface area contributed by atoms with E-state index in [1.807, 2.05) is 22.6 Å². The largest absolute Gasteiger partial charge is 0.248 e. The van der Waals surface area contributed by atoms with Crippen molar-refractivity contribution in [1.29, 1.82) is 0 Å². The van der Waals surface area contributed by atoms with E-state index >= 15 is 0 Å². The van der Waals surface area contributed by atoms with Gasteiger partial charge in [0.1, 0.15) is 0 Å². The number of thioether (sulfide) groups is 1. The summed E-state index contributed by atoms with van der Waals surface area (Å²) in [5, 5.41) is 7.99. The Labute approximate surface area is 80.5 Å². The minimum Gasteiger partial charge on any atom is -0.248 e. The van der Waals surface area contributed by atoms with Gasteiger partial charge in [0.15, 0.2) is 0 Å². The molecule has 12 heavy (non-hydrogen) atoms. The van der Waals surface area contributed by atoms with Crippen LogP contribution in [0.3, 0.4) is 0 Å². The van der Waals surface area contributed by atoms with Crippen molar-refractivity contribution in [3.05, 3.63) is 11.9 Å². The van der Waals surface area contributed by atoms with Crippen LogP contribution in [0.2, 0.25) is 0 Å². The molecule has 1 aromatic heterocycles. The van der Waals surface area contributed by atoms with E-state index in [2.05, 4.69) is 10.3 Å². The number of hydrogen-bond acceptors (Lipinski definition) is 3. The van der Waals surface area contributed by atoms with Gasteiger partial charge in [0.2, 0.25) is 0 Å². The molecule has 0 aliphatic carbocycles. The van der Waals surface area contributed by atoms with Crippen molar-refractivity contribution in [1.82, 2.24) is 15.0 Å². The molecule has 0 radical (unpaired) electrons. The van der Waals surface area contributed by atoms with E-state index in [-0.39, 0.29) is 0 Å². The summed E-state index contributed by atoms with van der Waals surface area (Å²) in [5.41, 5.74) is 0.869. The molecule has 0 amide bonds. The maximum absolute atomic E-state index is 5.63. The third kappa shape index (κ3) is 1.59. The molecule has 3 nitrogen and oxygen atoms in total. The summed E-state index contributed by atoms with van der Waals surface area (Å²) in [7, 11) is 0. The highest BCUT2D eigenvalue weighted by atomic mass is 35.5. The van der Waals surface area contributed by atoms with Crippen molar-refractivity contribution in [3.8, 4) is 0 Å². The van der Waals surface area contributed by atoms with E-state index in [1.54, 1.807) is 0 Å². The van der Waals surface area contributed by atoms with Gasteiger partial charge in [-0.05, 0) is 12.2 Å². The average Bonchev–Trinajstić information content (AvgIpc) is 2.75. The summed E-state index contributed by atoms with van der Waals surface area (Å²) >= 11 is 7.60. The highest BCUT2D eigenvalue weighted by Crippen LogP contribution is 2.26. The predicted molar refractivity (Wildman–Crippen MR) is 50.6 cm³/mol. The van der Waals surface area contributed by atoms with Gasteiger partial charge < -0.3 is 0 Å². The van der Waals surface area contributed by atoms with Crippen LogP contribution in [0.1, 0.15) is 18.2 Å². The third-order valence-corrected chi connectivity index (χ3v) is 3.39. The lowest BCUT2D eigenvalue weighted by atomic mass is 10.3. The van der Waals surface area contributed by atoms with Crippen molar-refractivity contribution < 1.29 is 0 Å². The van der Waals surface area contributed by atoms with E-state index in [9.17, 15) is 0 Å². The first-order chi connectivity index (χ1) is 5.90. The minimum atomic E-state index is 0.458. The van der Waals surface area contributed by atoms with E-state index in [0.29, 0.717) is 11.9 Å². The molecule has 0 saturated carbocycles. The van der Waals surface area contributed by atoms with Gasteiger partial charge >= 0.3 is 0 Å². The molecule has 0 N–H and O–H groups in total. The topological polar surface area (TPSA) is 30.7 Å². The standard InChI is InChI=1S/C7H10ClN3S/c8-3-6-4-11(10-9-6)7-1-2-12-5-7/h4,7H,1-3,5H2. The van der Waals surface area contributed by atoms with Gasteiger partial charge in [-0.1, -0.05) is 5.21 Å². The van der Waals surface area contributed by atoms with Gasteiger partial charge in [-0.15, -0.1) is 16.7 Å². The first-order valence-electron chi connectivity index (χ1n) is 3.94. The summed E-state index contributed by atoms with van der Waals surface area (Å²) in [4.78, 5) is 0. The monoisotopic (exact) mass is 203 g/mol. The Hall–Kier alpha value is -0.220. The molecule has 5 heteroatoms. The molecule has 66 valence electrons. The lowest BCUT2D eigenvalue weighted by Crippen LogP contribution is -2.08. The quantitative estimate of drug-likeness (QED) is 0.686. The molecule has 1 aromatic rings. The summed E-state index contributed by atoms with van der Waals surface area (Å²) in [6.45, 7) is 0. The zero-order chi connectivity index (χ0) is 8.39. The van der Waals surface area contributed by atoms with Crippen LogP contribution >= 0.6 is 23.4 Å². The van der Waals surface area contributed by atoms with Crippen LogP contribution in [0.5, 0.6) is 0 Å². The van der Waals surface area contributed by atoms with Crippen molar-refractivity contribution in [2.24, 2.45) is 0 Å². The van der Waals surface area contributed by atoms with Gasteiger partial charge in [-0.25, -0.2) is 4.68 Å². The molecule has 1 atom stereocenters. The van der Waals surface area contributed by atoms with Crippen molar-refractivity contribution >= 4 is 23.4 Å². The zero-order valence-electron chi connectivity index (χ0n) is 6.61. The van der Waals surface area contributed by atoms with Crippen molar-refractivity contribution in [2.75, 3.05) is 11.5 Å². The van der Waals surface area contributed by atoms with Crippen LogP contribution in [0.15, 0.2) is 6.20 Å². The molecular weight excluding hydrogens is 194 g/mol. The highest BCUT2D eigenvalue weighted by molar-refractivity contribution is 7.99. The Balaban J connectivity index is 2.11. The fourth-order valence-corrected chi connectivity index (χ4v) is 2.60. The maximum Gasteiger partial charge on any atom is 0.0974 e. The van der Waals surface area contributed by atoms with Gasteiger partial charge in [0.25, 0.3) is 0 Å². The lowest BCUT2D eigenvalue weighted by molar-refractivity contribution is 0.486. The van der Waals surface area contributed by atoms with E-state index in [4.69, 9.17) is 11.6 Å². The van der Waals surface area contributed by atoms with Crippen LogP contribution < -0.4 is 0 Å². The minimum absolute atomic E-state index is 0.458. The number of halogens is 1. The Morgan fingerprint density at radius 2 is 2.67 bits per heavy atom. The second-order valence-corrected chi connectivity index (χ2v) is 4.26. The van der Waals surface area contributed by atoms with Gasteiger partial charge in [0.05, 0.1) is 23.8 Å². The van der Waals surface area contributed by atoms with Gasteiger partial charge in [-0.2, -0.15) is 11.8 Å². The first-order valence-corrected chi connectivity index (χ1v) is 5.63. The lowest BCUT2D eigenvalue weighted by Gasteiger charge is -2.05. The molecule has 0 aromatic carbocycles. The summed E-state index contributed by atoms with van der Waals surface area (Å²) < 4.78 is 1.94. The number of hydrogen-bond donors (Lipinski definition) is 0. The maximum atomic E-state index is 5.63. The van der Waals surface area contributed by atoms with Crippen LogP contribution in [-0.2, 0) is 5.88 Å². The normalized spacial score (nSPS) is 23.2. The molecule has 2 rings (SSSR count). The average molecular weight is 204 g/mol. The second kappa shape index (κ2) is 3.66. The van der Waals surface area contributed by atoms with Crippen LogP contribution in [0, 0.1) is 0 Å². The zero-order valence-corrected chi connectivity index (χ0v) is 8.18. The fourth-order valence-electron chi connectivity index (χ4n) is 1.28. The predicted octanol–water partition coefficient (Wildman–Crippen LogP) is 1.69. The van der Waals surface area contributed by atoms with E-state index in [1.165, 1.54) is 12.2 Å². The summed E-state index contributed by atoms with van der Waals surface area (Å²) in [6, 6.07) is 0.541. The second-order valence-electron chi connectivity index (χ2n) is 2.84. The molecule has 1 saturated heterocycles. The highest BCUT2D eigenvalue weighted by Gasteiger charge is 2.18. The number of alkyl halides is 1. The molecule has 1 aliphatic rings. The molecule has 1 unspecified atom stereocenters. The number of aromatic nitrogens is 3. The Bertz CT molecular complexity index is 257. The fraction of sp³-hybridized carbons (Fsp3) is 0.714. The van der Waals surface area contributed by atoms with Gasteiger partial charge in [0, 0.05) is 5.75 Å². The Morgan fingerprint density at radius 3 is 3.25 bits per heavy atom. The summed E-state index contributed by atoms with van der Waals surface area (Å²) in [6.07, 6.45) is 3.15. The SMILES string of the molecule is ClCc1cn(C2CCSC2)nn1. The molecule has 1 fully saturated rings. The molecule has 1 aliphatic heterocycles. The van der Waals surface area contributed by atoms with Crippen molar-refractivity contribution in [3.63, 3.8) is 0 Å². The van der Waals surface area contributed by atoms with Crippen LogP contribution in [0.4, 0.5) is 0 Å². The number of rotatable bonds is 2. The smallest absolute Gasteiger partial charge is 0.0974 e. The molecule has 0 bridgehead atoms. The Morgan fingerprint density at radius 1 is 1.75 bits per heavy atom. The first kappa shape index (κ1) is 8.38. The van der Waals surface area contributed by atoms with Crippen LogP contribution in [-0.4, -0.2) is 26.5 Å². The third-order valence-electron chi connectivity index (χ3n) is 1.97. The molecular formula is C7H10ClN3S. The van der Waals surface area contributed by atoms with E-state index < -0.39 is 0 Å². The van der Waals surface area contributed by atoms with Gasteiger partial charge in [-0.3, -0.25) is 0 Å². The molecule has 2 heterocycles. The van der Waals surface area contributed by atoms with E-state index in [0.717, 1.165) is 11.4 Å². The summed E-state index contributed by atoms with van der Waals surface area (Å²) in [5.74, 6) is 2.85. The number of nitrogens with zero attached hydrogens (tertiary/aromatic N) is 3. The van der Waals surface area contributed by atoms with Crippen LogP contribution in [0.25, 0.3) is 0 Å². The molecule has 0 spiro atoms.